The Hall–Kier alpha value is -1.62. The van der Waals surface area contributed by atoms with Crippen LogP contribution in [0.1, 0.15) is 11.1 Å². The molecule has 0 bridgehead atoms. The largest absolute Gasteiger partial charge is 0.489 e. The summed E-state index contributed by atoms with van der Waals surface area (Å²) >= 11 is 5.98. The van der Waals surface area contributed by atoms with Crippen LogP contribution >= 0.6 is 11.6 Å². The first kappa shape index (κ1) is 16.7. The first-order valence-corrected chi connectivity index (χ1v) is 7.43. The van der Waals surface area contributed by atoms with Crippen LogP contribution < -0.4 is 10.1 Å². The standard InChI is InChI=1S/C17H19ClFNO2/c1-21-9-8-20-11-13-4-2-5-14(10-13)22-12-15-16(18)6-3-7-17(15)19/h2-7,10,20H,8-9,11-12H2,1H3. The Morgan fingerprint density at radius 1 is 1.18 bits per heavy atom. The molecule has 0 fully saturated rings. The lowest BCUT2D eigenvalue weighted by atomic mass is 10.2. The Labute approximate surface area is 135 Å². The fourth-order valence-electron chi connectivity index (χ4n) is 1.98. The van der Waals surface area contributed by atoms with Gasteiger partial charge in [0.2, 0.25) is 0 Å². The lowest BCUT2D eigenvalue weighted by Crippen LogP contribution is -2.18. The third-order valence-corrected chi connectivity index (χ3v) is 3.51. The van der Waals surface area contributed by atoms with E-state index in [9.17, 15) is 4.39 Å². The zero-order valence-corrected chi connectivity index (χ0v) is 13.2. The predicted molar refractivity (Wildman–Crippen MR) is 85.8 cm³/mol. The Morgan fingerprint density at radius 2 is 2.00 bits per heavy atom. The number of nitrogens with one attached hydrogen (secondary N) is 1. The number of methoxy groups -OCH3 is 1. The van der Waals surface area contributed by atoms with Crippen LogP contribution in [0.5, 0.6) is 5.75 Å². The van der Waals surface area contributed by atoms with Crippen molar-refractivity contribution >= 4 is 11.6 Å². The topological polar surface area (TPSA) is 30.5 Å². The highest BCUT2D eigenvalue weighted by Gasteiger charge is 2.07. The van der Waals surface area contributed by atoms with Crippen molar-refractivity contribution in [3.8, 4) is 5.75 Å². The van der Waals surface area contributed by atoms with Gasteiger partial charge in [-0.15, -0.1) is 0 Å². The summed E-state index contributed by atoms with van der Waals surface area (Å²) in [7, 11) is 1.67. The maximum absolute atomic E-state index is 13.7. The van der Waals surface area contributed by atoms with E-state index < -0.39 is 0 Å². The van der Waals surface area contributed by atoms with E-state index in [4.69, 9.17) is 21.1 Å². The molecule has 0 unspecified atom stereocenters. The Kier molecular flexibility index (Phi) is 6.65. The SMILES string of the molecule is COCCNCc1cccc(OCc2c(F)cccc2Cl)c1. The zero-order valence-electron chi connectivity index (χ0n) is 12.4. The Morgan fingerprint density at radius 3 is 2.77 bits per heavy atom. The number of halogens is 2. The van der Waals surface area contributed by atoms with Crippen LogP contribution in [-0.2, 0) is 17.9 Å². The molecule has 2 rings (SSSR count). The van der Waals surface area contributed by atoms with Gasteiger partial charge in [0.25, 0.3) is 0 Å². The molecule has 0 saturated heterocycles. The second kappa shape index (κ2) is 8.73. The second-order valence-electron chi connectivity index (χ2n) is 4.81. The molecule has 0 atom stereocenters. The first-order valence-electron chi connectivity index (χ1n) is 7.05. The average molecular weight is 324 g/mol. The molecule has 0 aliphatic rings. The Balaban J connectivity index is 1.93. The van der Waals surface area contributed by atoms with E-state index in [1.165, 1.54) is 6.07 Å². The van der Waals surface area contributed by atoms with Crippen LogP contribution in [-0.4, -0.2) is 20.3 Å². The highest BCUT2D eigenvalue weighted by Crippen LogP contribution is 2.22. The third-order valence-electron chi connectivity index (χ3n) is 3.16. The van der Waals surface area contributed by atoms with E-state index in [0.717, 1.165) is 18.7 Å². The smallest absolute Gasteiger partial charge is 0.131 e. The fourth-order valence-corrected chi connectivity index (χ4v) is 2.20. The molecular weight excluding hydrogens is 305 g/mol. The lowest BCUT2D eigenvalue weighted by molar-refractivity contribution is 0.199. The highest BCUT2D eigenvalue weighted by molar-refractivity contribution is 6.31. The van der Waals surface area contributed by atoms with E-state index in [0.29, 0.717) is 22.9 Å². The molecule has 0 radical (unpaired) electrons. The molecule has 0 aliphatic heterocycles. The summed E-state index contributed by atoms with van der Waals surface area (Å²) in [6.07, 6.45) is 0. The van der Waals surface area contributed by atoms with Crippen LogP contribution in [0, 0.1) is 5.82 Å². The molecule has 2 aromatic rings. The van der Waals surface area contributed by atoms with Gasteiger partial charge in [0.05, 0.1) is 11.6 Å². The van der Waals surface area contributed by atoms with Crippen molar-refractivity contribution in [3.63, 3.8) is 0 Å². The van der Waals surface area contributed by atoms with Crippen molar-refractivity contribution in [2.75, 3.05) is 20.3 Å². The lowest BCUT2D eigenvalue weighted by Gasteiger charge is -2.10. The van der Waals surface area contributed by atoms with Gasteiger partial charge in [0, 0.05) is 25.8 Å². The minimum Gasteiger partial charge on any atom is -0.489 e. The van der Waals surface area contributed by atoms with Gasteiger partial charge in [0.15, 0.2) is 0 Å². The Bertz CT molecular complexity index is 587. The number of hydrogen-bond donors (Lipinski definition) is 1. The van der Waals surface area contributed by atoms with Crippen molar-refractivity contribution in [2.24, 2.45) is 0 Å². The van der Waals surface area contributed by atoms with Gasteiger partial charge in [0.1, 0.15) is 18.2 Å². The molecule has 118 valence electrons. The maximum Gasteiger partial charge on any atom is 0.131 e. The van der Waals surface area contributed by atoms with Crippen molar-refractivity contribution < 1.29 is 13.9 Å². The van der Waals surface area contributed by atoms with Crippen LogP contribution in [0.25, 0.3) is 0 Å². The molecule has 0 aromatic heterocycles. The molecule has 5 heteroatoms. The van der Waals surface area contributed by atoms with Crippen molar-refractivity contribution in [1.29, 1.82) is 0 Å². The summed E-state index contributed by atoms with van der Waals surface area (Å²) in [5.41, 5.74) is 1.46. The molecule has 0 aliphatic carbocycles. The molecule has 1 N–H and O–H groups in total. The van der Waals surface area contributed by atoms with E-state index >= 15 is 0 Å². The van der Waals surface area contributed by atoms with E-state index in [2.05, 4.69) is 5.32 Å². The van der Waals surface area contributed by atoms with Crippen molar-refractivity contribution in [1.82, 2.24) is 5.32 Å². The number of hydrogen-bond acceptors (Lipinski definition) is 3. The van der Waals surface area contributed by atoms with Gasteiger partial charge >= 0.3 is 0 Å². The van der Waals surface area contributed by atoms with E-state index in [1.54, 1.807) is 19.2 Å². The van der Waals surface area contributed by atoms with Gasteiger partial charge in [-0.25, -0.2) is 4.39 Å². The summed E-state index contributed by atoms with van der Waals surface area (Å²) in [5, 5.41) is 3.63. The highest BCUT2D eigenvalue weighted by atomic mass is 35.5. The van der Waals surface area contributed by atoms with Gasteiger partial charge in [-0.1, -0.05) is 29.8 Å². The normalized spacial score (nSPS) is 10.7. The summed E-state index contributed by atoms with van der Waals surface area (Å²) in [6.45, 7) is 2.28. The molecular formula is C17H19ClFNO2. The molecule has 2 aromatic carbocycles. The van der Waals surface area contributed by atoms with E-state index in [-0.39, 0.29) is 12.4 Å². The molecule has 3 nitrogen and oxygen atoms in total. The second-order valence-corrected chi connectivity index (χ2v) is 5.21. The third kappa shape index (κ3) is 4.98. The van der Waals surface area contributed by atoms with Crippen LogP contribution in [0.3, 0.4) is 0 Å². The van der Waals surface area contributed by atoms with E-state index in [1.807, 2.05) is 24.3 Å². The maximum atomic E-state index is 13.7. The minimum absolute atomic E-state index is 0.103. The molecule has 22 heavy (non-hydrogen) atoms. The number of benzene rings is 2. The van der Waals surface area contributed by atoms with Gasteiger partial charge in [-0.2, -0.15) is 0 Å². The number of ether oxygens (including phenoxy) is 2. The fraction of sp³-hybridized carbons (Fsp3) is 0.294. The first-order chi connectivity index (χ1) is 10.7. The summed E-state index contributed by atoms with van der Waals surface area (Å²) < 4.78 is 24.3. The minimum atomic E-state index is -0.357. The summed E-state index contributed by atoms with van der Waals surface area (Å²) in [4.78, 5) is 0. The van der Waals surface area contributed by atoms with Gasteiger partial charge in [-0.3, -0.25) is 0 Å². The zero-order chi connectivity index (χ0) is 15.8. The quantitative estimate of drug-likeness (QED) is 0.750. The monoisotopic (exact) mass is 323 g/mol. The molecule has 0 heterocycles. The molecule has 0 saturated carbocycles. The molecule has 0 spiro atoms. The van der Waals surface area contributed by atoms with Crippen LogP contribution in [0.2, 0.25) is 5.02 Å². The van der Waals surface area contributed by atoms with Crippen LogP contribution in [0.4, 0.5) is 4.39 Å². The van der Waals surface area contributed by atoms with Crippen molar-refractivity contribution in [2.45, 2.75) is 13.2 Å². The molecule has 0 amide bonds. The summed E-state index contributed by atoms with van der Waals surface area (Å²) in [5.74, 6) is 0.329. The van der Waals surface area contributed by atoms with Crippen molar-refractivity contribution in [3.05, 3.63) is 64.4 Å². The van der Waals surface area contributed by atoms with Gasteiger partial charge < -0.3 is 14.8 Å². The van der Waals surface area contributed by atoms with Crippen LogP contribution in [0.15, 0.2) is 42.5 Å². The summed E-state index contributed by atoms with van der Waals surface area (Å²) in [6, 6.07) is 12.3. The predicted octanol–water partition coefficient (Wildman–Crippen LogP) is 3.79. The van der Waals surface area contributed by atoms with Gasteiger partial charge in [-0.05, 0) is 29.8 Å². The number of rotatable bonds is 8. The average Bonchev–Trinajstić information content (AvgIpc) is 2.52.